The van der Waals surface area contributed by atoms with Gasteiger partial charge in [-0.15, -0.1) is 0 Å². The van der Waals surface area contributed by atoms with Crippen molar-refractivity contribution in [1.82, 2.24) is 10.1 Å². The number of rotatable bonds is 5. The number of hydrogen-bond donors (Lipinski definition) is 2. The van der Waals surface area contributed by atoms with Gasteiger partial charge in [-0.3, -0.25) is 4.79 Å². The lowest BCUT2D eigenvalue weighted by molar-refractivity contribution is -0.125. The summed E-state index contributed by atoms with van der Waals surface area (Å²) in [5, 5.41) is 7.34. The van der Waals surface area contributed by atoms with E-state index in [0.717, 1.165) is 22.2 Å². The summed E-state index contributed by atoms with van der Waals surface area (Å²) in [5.74, 6) is -0.286. The van der Waals surface area contributed by atoms with Crippen LogP contribution in [0.1, 0.15) is 39.0 Å². The maximum atomic E-state index is 12.9. The first kappa shape index (κ1) is 19.4. The average Bonchev–Trinajstić information content (AvgIpc) is 3.28. The Hall–Kier alpha value is -3.87. The van der Waals surface area contributed by atoms with Gasteiger partial charge >= 0.3 is 5.97 Å². The number of ether oxygens (including phenoxy) is 1. The molecule has 2 N–H and O–H groups in total. The van der Waals surface area contributed by atoms with Crippen LogP contribution in [0.2, 0.25) is 0 Å². The lowest BCUT2D eigenvalue weighted by Gasteiger charge is -2.17. The molecule has 4 aromatic rings. The fourth-order valence-corrected chi connectivity index (χ4v) is 3.28. The Bertz CT molecular complexity index is 1220. The molecule has 4 rings (SSSR count). The van der Waals surface area contributed by atoms with Crippen LogP contribution in [-0.2, 0) is 9.53 Å². The summed E-state index contributed by atoms with van der Waals surface area (Å²) in [6.07, 6.45) is -1.14. The van der Waals surface area contributed by atoms with Crippen molar-refractivity contribution in [3.05, 3.63) is 82.7 Å². The number of nitrogens with one attached hydrogen (secondary N) is 2. The number of aromatic amines is 1. The second kappa shape index (κ2) is 7.87. The first-order chi connectivity index (χ1) is 14.4. The number of nitrogens with zero attached hydrogens (tertiary/aromatic N) is 1. The summed E-state index contributed by atoms with van der Waals surface area (Å²) in [6.45, 7) is 5.69. The highest BCUT2D eigenvalue weighted by molar-refractivity contribution is 5.99. The monoisotopic (exact) mass is 403 g/mol. The molecule has 0 fully saturated rings. The van der Waals surface area contributed by atoms with Crippen LogP contribution in [0.15, 0.2) is 59.1 Å². The van der Waals surface area contributed by atoms with E-state index in [2.05, 4.69) is 15.5 Å². The van der Waals surface area contributed by atoms with E-state index in [4.69, 9.17) is 9.26 Å². The second-order valence-corrected chi connectivity index (χ2v) is 7.14. The van der Waals surface area contributed by atoms with Crippen molar-refractivity contribution in [3.8, 4) is 0 Å². The van der Waals surface area contributed by atoms with Gasteiger partial charge in [0.15, 0.2) is 5.82 Å². The summed E-state index contributed by atoms with van der Waals surface area (Å²) in [5.41, 5.74) is 3.98. The predicted octanol–water partition coefficient (Wildman–Crippen LogP) is 4.62. The SMILES string of the molecule is Cc1cc(NC(=O)C(OC(=O)c2ccc3[nH]c(C)c(C)c3c2)c2ccccc2)no1. The predicted molar refractivity (Wildman–Crippen MR) is 112 cm³/mol. The van der Waals surface area contributed by atoms with Crippen molar-refractivity contribution in [1.29, 1.82) is 0 Å². The van der Waals surface area contributed by atoms with E-state index >= 15 is 0 Å². The number of benzene rings is 2. The lowest BCUT2D eigenvalue weighted by atomic mass is 10.1. The Labute approximate surface area is 173 Å². The molecule has 152 valence electrons. The highest BCUT2D eigenvalue weighted by Crippen LogP contribution is 2.25. The molecule has 0 saturated carbocycles. The van der Waals surface area contributed by atoms with Crippen LogP contribution in [0.3, 0.4) is 0 Å². The van der Waals surface area contributed by atoms with E-state index in [9.17, 15) is 9.59 Å². The number of fused-ring (bicyclic) bond motifs is 1. The van der Waals surface area contributed by atoms with Crippen LogP contribution >= 0.6 is 0 Å². The van der Waals surface area contributed by atoms with Crippen molar-refractivity contribution in [2.75, 3.05) is 5.32 Å². The zero-order valence-corrected chi connectivity index (χ0v) is 16.9. The molecule has 1 unspecified atom stereocenters. The molecule has 0 saturated heterocycles. The second-order valence-electron chi connectivity index (χ2n) is 7.14. The molecule has 2 aromatic heterocycles. The molecule has 1 atom stereocenters. The minimum absolute atomic E-state index is 0.259. The molecule has 2 heterocycles. The van der Waals surface area contributed by atoms with E-state index in [1.54, 1.807) is 49.4 Å². The van der Waals surface area contributed by atoms with Gasteiger partial charge in [0.25, 0.3) is 5.91 Å². The van der Waals surface area contributed by atoms with Gasteiger partial charge in [0.05, 0.1) is 5.56 Å². The van der Waals surface area contributed by atoms with Gasteiger partial charge in [-0.1, -0.05) is 35.5 Å². The number of H-pyrrole nitrogens is 1. The van der Waals surface area contributed by atoms with Crippen molar-refractivity contribution in [3.63, 3.8) is 0 Å². The number of aryl methyl sites for hydroxylation is 3. The van der Waals surface area contributed by atoms with Crippen molar-refractivity contribution in [2.24, 2.45) is 0 Å². The van der Waals surface area contributed by atoms with E-state index < -0.39 is 18.0 Å². The van der Waals surface area contributed by atoms with Gasteiger partial charge in [0.2, 0.25) is 6.10 Å². The third-order valence-corrected chi connectivity index (χ3v) is 4.99. The molecule has 2 aromatic carbocycles. The van der Waals surface area contributed by atoms with Crippen LogP contribution in [0.5, 0.6) is 0 Å². The van der Waals surface area contributed by atoms with Crippen molar-refractivity contribution < 1.29 is 18.8 Å². The number of carbonyl (C=O) groups excluding carboxylic acids is 2. The fraction of sp³-hybridized carbons (Fsp3) is 0.174. The number of carbonyl (C=O) groups is 2. The van der Waals surface area contributed by atoms with E-state index in [1.807, 2.05) is 26.0 Å². The Morgan fingerprint density at radius 2 is 1.83 bits per heavy atom. The average molecular weight is 403 g/mol. The molecule has 7 heteroatoms. The van der Waals surface area contributed by atoms with Gasteiger partial charge < -0.3 is 19.6 Å². The number of anilines is 1. The third kappa shape index (κ3) is 3.82. The number of amides is 1. The normalized spacial score (nSPS) is 12.0. The van der Waals surface area contributed by atoms with E-state index in [0.29, 0.717) is 16.9 Å². The first-order valence-electron chi connectivity index (χ1n) is 9.51. The zero-order chi connectivity index (χ0) is 21.3. The maximum absolute atomic E-state index is 12.9. The third-order valence-electron chi connectivity index (χ3n) is 4.99. The summed E-state index contributed by atoms with van der Waals surface area (Å²) in [6, 6.07) is 15.7. The van der Waals surface area contributed by atoms with Crippen LogP contribution in [-0.4, -0.2) is 22.0 Å². The largest absolute Gasteiger partial charge is 0.444 e. The number of hydrogen-bond acceptors (Lipinski definition) is 5. The minimum Gasteiger partial charge on any atom is -0.444 e. The Morgan fingerprint density at radius 3 is 2.53 bits per heavy atom. The van der Waals surface area contributed by atoms with Gasteiger partial charge in [-0.25, -0.2) is 4.79 Å². The lowest BCUT2D eigenvalue weighted by Crippen LogP contribution is -2.26. The van der Waals surface area contributed by atoms with Crippen molar-refractivity contribution >= 4 is 28.6 Å². The maximum Gasteiger partial charge on any atom is 0.339 e. The van der Waals surface area contributed by atoms with Crippen LogP contribution in [0.25, 0.3) is 10.9 Å². The van der Waals surface area contributed by atoms with E-state index in [1.165, 1.54) is 0 Å². The molecule has 7 nitrogen and oxygen atoms in total. The van der Waals surface area contributed by atoms with Gasteiger partial charge in [0, 0.05) is 28.2 Å². The quantitative estimate of drug-likeness (QED) is 0.474. The Balaban J connectivity index is 1.62. The summed E-state index contributed by atoms with van der Waals surface area (Å²) in [4.78, 5) is 29.1. The first-order valence-corrected chi connectivity index (χ1v) is 9.51. The molecule has 0 spiro atoms. The van der Waals surface area contributed by atoms with E-state index in [-0.39, 0.29) is 5.82 Å². The van der Waals surface area contributed by atoms with Crippen LogP contribution in [0, 0.1) is 20.8 Å². The highest BCUT2D eigenvalue weighted by Gasteiger charge is 2.26. The molecule has 0 radical (unpaired) electrons. The highest BCUT2D eigenvalue weighted by atomic mass is 16.5. The molecular formula is C23H21N3O4. The van der Waals surface area contributed by atoms with Gasteiger partial charge in [-0.05, 0) is 44.5 Å². The minimum atomic E-state index is -1.14. The molecule has 30 heavy (non-hydrogen) atoms. The Kier molecular flexibility index (Phi) is 5.10. The topological polar surface area (TPSA) is 97.2 Å². The molecule has 0 aliphatic rings. The van der Waals surface area contributed by atoms with Gasteiger partial charge in [0.1, 0.15) is 5.76 Å². The standard InChI is InChI=1S/C23H21N3O4/c1-13-11-20(26-30-13)25-22(27)21(16-7-5-4-6-8-16)29-23(28)17-9-10-19-18(12-17)14(2)15(3)24-19/h4-12,21,24H,1-3H3,(H,25,26,27). The Morgan fingerprint density at radius 1 is 1.07 bits per heavy atom. The number of esters is 1. The summed E-state index contributed by atoms with van der Waals surface area (Å²) in [7, 11) is 0. The smallest absolute Gasteiger partial charge is 0.339 e. The van der Waals surface area contributed by atoms with Crippen molar-refractivity contribution in [2.45, 2.75) is 26.9 Å². The molecule has 0 aliphatic carbocycles. The molecule has 1 amide bonds. The summed E-state index contributed by atoms with van der Waals surface area (Å²) < 4.78 is 10.6. The summed E-state index contributed by atoms with van der Waals surface area (Å²) >= 11 is 0. The van der Waals surface area contributed by atoms with Gasteiger partial charge in [-0.2, -0.15) is 0 Å². The number of aromatic nitrogens is 2. The molecule has 0 aliphatic heterocycles. The van der Waals surface area contributed by atoms with Crippen LogP contribution < -0.4 is 5.32 Å². The zero-order valence-electron chi connectivity index (χ0n) is 16.9. The molecule has 0 bridgehead atoms. The van der Waals surface area contributed by atoms with Crippen LogP contribution in [0.4, 0.5) is 5.82 Å². The fourth-order valence-electron chi connectivity index (χ4n) is 3.28. The molecular weight excluding hydrogens is 382 g/mol.